The molecule has 0 N–H and O–H groups in total. The van der Waals surface area contributed by atoms with Crippen molar-refractivity contribution in [1.82, 2.24) is 0 Å². The summed E-state index contributed by atoms with van der Waals surface area (Å²) >= 11 is 0. The molecular formula is C10H14O. The minimum atomic E-state index is 0.441. The summed E-state index contributed by atoms with van der Waals surface area (Å²) in [5.41, 5.74) is 0.881. The van der Waals surface area contributed by atoms with Crippen LogP contribution >= 0.6 is 0 Å². The van der Waals surface area contributed by atoms with Gasteiger partial charge in [0.2, 0.25) is 0 Å². The Kier molecular flexibility index (Phi) is 0.651. The second kappa shape index (κ2) is 1.28. The van der Waals surface area contributed by atoms with Crippen LogP contribution in [0, 0.1) is 11.8 Å². The Balaban J connectivity index is 1.52. The molecule has 0 saturated heterocycles. The summed E-state index contributed by atoms with van der Waals surface area (Å²) in [4.78, 5) is 0. The molecule has 0 heterocycles. The van der Waals surface area contributed by atoms with Crippen LogP contribution in [0.15, 0.2) is 0 Å². The van der Waals surface area contributed by atoms with Crippen molar-refractivity contribution in [1.29, 1.82) is 0 Å². The average molecular weight is 150 g/mol. The van der Waals surface area contributed by atoms with Gasteiger partial charge in [-0.05, 0) is 50.4 Å². The molecule has 0 spiro atoms. The Morgan fingerprint density at radius 1 is 0.727 bits per heavy atom. The molecule has 0 aliphatic heterocycles. The van der Waals surface area contributed by atoms with Crippen molar-refractivity contribution in [3.63, 3.8) is 0 Å². The minimum Gasteiger partial charge on any atom is -0.368 e. The fourth-order valence-corrected chi connectivity index (χ4v) is 3.51. The molecule has 6 aliphatic carbocycles. The first kappa shape index (κ1) is 5.58. The number of rotatable bonds is 2. The van der Waals surface area contributed by atoms with Gasteiger partial charge in [0.25, 0.3) is 0 Å². The fraction of sp³-hybridized carbons (Fsp3) is 1.00. The highest BCUT2D eigenvalue weighted by Crippen LogP contribution is 2.68. The molecule has 0 aromatic carbocycles. The topological polar surface area (TPSA) is 9.23 Å². The third-order valence-electron chi connectivity index (χ3n) is 4.40. The van der Waals surface area contributed by atoms with Crippen molar-refractivity contribution in [2.24, 2.45) is 11.8 Å². The van der Waals surface area contributed by atoms with Crippen LogP contribution in [-0.2, 0) is 4.74 Å². The smallest absolute Gasteiger partial charge is 0.0698 e. The van der Waals surface area contributed by atoms with Crippen LogP contribution in [0.4, 0.5) is 0 Å². The van der Waals surface area contributed by atoms with E-state index in [-0.39, 0.29) is 0 Å². The highest BCUT2D eigenvalue weighted by atomic mass is 16.5. The van der Waals surface area contributed by atoms with Crippen LogP contribution in [0.3, 0.4) is 0 Å². The lowest BCUT2D eigenvalue weighted by atomic mass is 9.48. The summed E-state index contributed by atoms with van der Waals surface area (Å²) in [5, 5.41) is 0. The van der Waals surface area contributed by atoms with Crippen molar-refractivity contribution in [3.8, 4) is 0 Å². The maximum atomic E-state index is 6.23. The van der Waals surface area contributed by atoms with Gasteiger partial charge in [0.1, 0.15) is 0 Å². The van der Waals surface area contributed by atoms with Gasteiger partial charge in [0, 0.05) is 0 Å². The van der Waals surface area contributed by atoms with Gasteiger partial charge in [-0.2, -0.15) is 0 Å². The van der Waals surface area contributed by atoms with Gasteiger partial charge in [-0.25, -0.2) is 0 Å². The molecule has 0 amide bonds. The van der Waals surface area contributed by atoms with Crippen molar-refractivity contribution in [3.05, 3.63) is 0 Å². The molecule has 6 saturated carbocycles. The molecule has 11 heavy (non-hydrogen) atoms. The number of hydrogen-bond acceptors (Lipinski definition) is 1. The average Bonchev–Trinajstić information content (AvgIpc) is 1.47. The Morgan fingerprint density at radius 2 is 1.09 bits per heavy atom. The van der Waals surface area contributed by atoms with Crippen LogP contribution in [0.25, 0.3) is 0 Å². The molecule has 0 atom stereocenters. The van der Waals surface area contributed by atoms with Crippen molar-refractivity contribution < 1.29 is 4.74 Å². The lowest BCUT2D eigenvalue weighted by Gasteiger charge is -2.70. The van der Waals surface area contributed by atoms with Crippen LogP contribution in [0.1, 0.15) is 38.5 Å². The first-order valence-corrected chi connectivity index (χ1v) is 4.98. The molecule has 1 nitrogen and oxygen atoms in total. The summed E-state index contributed by atoms with van der Waals surface area (Å²) in [7, 11) is 0. The Bertz CT molecular complexity index is 175. The van der Waals surface area contributed by atoms with E-state index in [0.29, 0.717) is 11.2 Å². The summed E-state index contributed by atoms with van der Waals surface area (Å²) in [6.45, 7) is 0. The van der Waals surface area contributed by atoms with Gasteiger partial charge in [0.15, 0.2) is 0 Å². The number of ether oxygens (including phenoxy) is 1. The summed E-state index contributed by atoms with van der Waals surface area (Å²) in [5.74, 6) is 2.14. The molecule has 60 valence electrons. The van der Waals surface area contributed by atoms with Crippen molar-refractivity contribution in [2.75, 3.05) is 0 Å². The molecule has 0 unspecified atom stereocenters. The maximum absolute atomic E-state index is 6.23. The molecule has 0 radical (unpaired) electrons. The summed E-state index contributed by atoms with van der Waals surface area (Å²) in [6, 6.07) is 0. The first-order valence-electron chi connectivity index (χ1n) is 4.98. The van der Waals surface area contributed by atoms with Gasteiger partial charge in [0.05, 0.1) is 11.2 Å². The third-order valence-corrected chi connectivity index (χ3v) is 4.40. The van der Waals surface area contributed by atoms with E-state index in [2.05, 4.69) is 0 Å². The molecule has 0 aromatic heterocycles. The molecule has 6 fully saturated rings. The molecule has 4 bridgehead atoms. The van der Waals surface area contributed by atoms with Gasteiger partial charge in [-0.15, -0.1) is 0 Å². The van der Waals surface area contributed by atoms with Crippen LogP contribution in [0.2, 0.25) is 0 Å². The second-order valence-corrected chi connectivity index (χ2v) is 5.42. The summed E-state index contributed by atoms with van der Waals surface area (Å²) < 4.78 is 6.23. The largest absolute Gasteiger partial charge is 0.368 e. The second-order valence-electron chi connectivity index (χ2n) is 5.42. The molecule has 1 heteroatoms. The first-order chi connectivity index (χ1) is 5.28. The van der Waals surface area contributed by atoms with Crippen LogP contribution in [-0.4, -0.2) is 11.2 Å². The lowest BCUT2D eigenvalue weighted by molar-refractivity contribution is -0.349. The Morgan fingerprint density at radius 3 is 1.27 bits per heavy atom. The van der Waals surface area contributed by atoms with E-state index < -0.39 is 0 Å². The molecular weight excluding hydrogens is 136 g/mol. The van der Waals surface area contributed by atoms with E-state index >= 15 is 0 Å². The molecule has 6 aliphatic rings. The fourth-order valence-electron chi connectivity index (χ4n) is 3.51. The summed E-state index contributed by atoms with van der Waals surface area (Å²) in [6.07, 6.45) is 8.41. The van der Waals surface area contributed by atoms with Crippen LogP contribution in [0.5, 0.6) is 0 Å². The molecule has 0 aromatic rings. The lowest BCUT2D eigenvalue weighted by Crippen LogP contribution is -2.70. The Labute approximate surface area is 67.1 Å². The normalized spacial score (nSPS) is 68.7. The highest BCUT2D eigenvalue weighted by molar-refractivity contribution is 5.16. The van der Waals surface area contributed by atoms with E-state index in [4.69, 9.17) is 4.74 Å². The van der Waals surface area contributed by atoms with E-state index in [0.717, 1.165) is 11.8 Å². The zero-order chi connectivity index (χ0) is 7.10. The van der Waals surface area contributed by atoms with E-state index in [1.165, 1.54) is 38.5 Å². The van der Waals surface area contributed by atoms with Crippen molar-refractivity contribution in [2.45, 2.75) is 49.7 Å². The van der Waals surface area contributed by atoms with Crippen LogP contribution < -0.4 is 0 Å². The standard InChI is InChI=1S/C10H14O/c1-7-2-9(1,3-7)11-10-4-8(5-10)6-10/h7-8H,1-6H2. The zero-order valence-corrected chi connectivity index (χ0v) is 6.81. The quantitative estimate of drug-likeness (QED) is 0.585. The SMILES string of the molecule is C1C2CC1(OC13CC(C1)C3)C2. The zero-order valence-electron chi connectivity index (χ0n) is 6.81. The van der Waals surface area contributed by atoms with Gasteiger partial charge in [-0.3, -0.25) is 0 Å². The Hall–Kier alpha value is -0.0400. The highest BCUT2D eigenvalue weighted by Gasteiger charge is 2.66. The van der Waals surface area contributed by atoms with Gasteiger partial charge in [-0.1, -0.05) is 0 Å². The van der Waals surface area contributed by atoms with Gasteiger partial charge < -0.3 is 4.74 Å². The third kappa shape index (κ3) is 0.488. The van der Waals surface area contributed by atoms with Gasteiger partial charge >= 0.3 is 0 Å². The molecule has 6 rings (SSSR count). The maximum Gasteiger partial charge on any atom is 0.0698 e. The minimum absolute atomic E-state index is 0.441. The number of hydrogen-bond donors (Lipinski definition) is 0. The monoisotopic (exact) mass is 150 g/mol. The van der Waals surface area contributed by atoms with E-state index in [1.807, 2.05) is 0 Å². The van der Waals surface area contributed by atoms with E-state index in [9.17, 15) is 0 Å². The predicted octanol–water partition coefficient (Wildman–Crippen LogP) is 2.11. The van der Waals surface area contributed by atoms with Crippen molar-refractivity contribution >= 4 is 0 Å². The van der Waals surface area contributed by atoms with E-state index in [1.54, 1.807) is 0 Å². The predicted molar refractivity (Wildman–Crippen MR) is 41.2 cm³/mol.